The molecule has 0 atom stereocenters. The molecular weight excluding hydrogens is 366 g/mol. The molecule has 2 rings (SSSR count). The number of halogens is 3. The number of Topliss-reactive ketones (excluding diaryl/α,β-unsaturated/α-hetero) is 1. The molecule has 0 saturated heterocycles. The average molecular weight is 375 g/mol. The smallest absolute Gasteiger partial charge is 0.167 e. The Labute approximate surface area is 123 Å². The maximum atomic E-state index is 13.6. The molecule has 0 aliphatic carbocycles. The summed E-state index contributed by atoms with van der Waals surface area (Å²) >= 11 is 8.03. The van der Waals surface area contributed by atoms with E-state index in [9.17, 15) is 9.18 Å². The zero-order valence-electron chi connectivity index (χ0n) is 9.29. The molecule has 0 heterocycles. The van der Waals surface area contributed by atoms with Gasteiger partial charge in [0.1, 0.15) is 5.82 Å². The zero-order chi connectivity index (χ0) is 13.1. The summed E-state index contributed by atoms with van der Waals surface area (Å²) in [5, 5.41) is 0.286. The lowest BCUT2D eigenvalue weighted by molar-refractivity contribution is 0.0992. The van der Waals surface area contributed by atoms with Crippen LogP contribution < -0.4 is 0 Å². The number of rotatable bonds is 3. The van der Waals surface area contributed by atoms with Crippen molar-refractivity contribution in [2.24, 2.45) is 0 Å². The molecule has 0 aromatic heterocycles. The van der Waals surface area contributed by atoms with Gasteiger partial charge in [-0.3, -0.25) is 4.79 Å². The summed E-state index contributed by atoms with van der Waals surface area (Å²) in [7, 11) is 0. The second kappa shape index (κ2) is 5.80. The minimum atomic E-state index is -0.443. The normalized spacial score (nSPS) is 10.4. The topological polar surface area (TPSA) is 17.1 Å². The van der Waals surface area contributed by atoms with Gasteiger partial charge in [0.05, 0.1) is 0 Å². The van der Waals surface area contributed by atoms with Gasteiger partial charge in [0.25, 0.3) is 0 Å². The Bertz CT molecular complexity index is 578. The predicted molar refractivity (Wildman–Crippen MR) is 78.6 cm³/mol. The van der Waals surface area contributed by atoms with Gasteiger partial charge >= 0.3 is 0 Å². The van der Waals surface area contributed by atoms with E-state index in [4.69, 9.17) is 11.6 Å². The molecule has 1 nitrogen and oxygen atoms in total. The van der Waals surface area contributed by atoms with Gasteiger partial charge in [0, 0.05) is 26.1 Å². The van der Waals surface area contributed by atoms with Crippen molar-refractivity contribution in [1.82, 2.24) is 0 Å². The van der Waals surface area contributed by atoms with Gasteiger partial charge in [-0.25, -0.2) is 4.39 Å². The molecule has 2 aromatic carbocycles. The van der Waals surface area contributed by atoms with Crippen LogP contribution in [-0.4, -0.2) is 5.78 Å². The zero-order valence-corrected chi connectivity index (χ0v) is 12.2. The van der Waals surface area contributed by atoms with Crippen molar-refractivity contribution in [2.45, 2.75) is 6.42 Å². The van der Waals surface area contributed by atoms with Crippen LogP contribution in [-0.2, 0) is 6.42 Å². The largest absolute Gasteiger partial charge is 0.294 e. The molecule has 0 aliphatic rings. The van der Waals surface area contributed by atoms with Crippen LogP contribution in [0.2, 0.25) is 5.02 Å². The number of hydrogen-bond donors (Lipinski definition) is 0. The van der Waals surface area contributed by atoms with Crippen molar-refractivity contribution >= 4 is 40.0 Å². The van der Waals surface area contributed by atoms with Crippen LogP contribution in [0.5, 0.6) is 0 Å². The minimum absolute atomic E-state index is 0.0222. The van der Waals surface area contributed by atoms with E-state index in [1.165, 1.54) is 12.1 Å². The predicted octanol–water partition coefficient (Wildman–Crippen LogP) is 4.51. The Morgan fingerprint density at radius 2 is 1.94 bits per heavy atom. The first kappa shape index (κ1) is 13.5. The van der Waals surface area contributed by atoms with Crippen LogP contribution in [0, 0.1) is 9.39 Å². The molecule has 0 fully saturated rings. The molecule has 2 aromatic rings. The molecule has 0 N–H and O–H groups in total. The second-order valence-corrected chi connectivity index (χ2v) is 5.46. The fraction of sp³-hybridized carbons (Fsp3) is 0.0714. The maximum Gasteiger partial charge on any atom is 0.167 e. The summed E-state index contributed by atoms with van der Waals surface area (Å²) in [6.45, 7) is 0. The van der Waals surface area contributed by atoms with Crippen molar-refractivity contribution in [1.29, 1.82) is 0 Å². The summed E-state index contributed by atoms with van der Waals surface area (Å²) in [5.41, 5.74) is 0.823. The van der Waals surface area contributed by atoms with E-state index in [2.05, 4.69) is 22.6 Å². The SMILES string of the molecule is O=C(Cc1c(F)cccc1Cl)c1cccc(I)c1. The Kier molecular flexibility index (Phi) is 4.35. The Hall–Kier alpha value is -0.940. The number of ketones is 1. The summed E-state index contributed by atoms with van der Waals surface area (Å²) in [6.07, 6.45) is -0.0222. The maximum absolute atomic E-state index is 13.6. The summed E-state index contributed by atoms with van der Waals surface area (Å²) in [6, 6.07) is 11.6. The Morgan fingerprint density at radius 3 is 2.61 bits per heavy atom. The third kappa shape index (κ3) is 3.09. The first-order valence-corrected chi connectivity index (χ1v) is 6.75. The Morgan fingerprint density at radius 1 is 1.22 bits per heavy atom. The van der Waals surface area contributed by atoms with Crippen molar-refractivity contribution in [3.63, 3.8) is 0 Å². The summed E-state index contributed by atoms with van der Waals surface area (Å²) in [4.78, 5) is 12.0. The van der Waals surface area contributed by atoms with E-state index in [1.807, 2.05) is 6.07 Å². The quantitative estimate of drug-likeness (QED) is 0.571. The van der Waals surface area contributed by atoms with Crippen molar-refractivity contribution < 1.29 is 9.18 Å². The van der Waals surface area contributed by atoms with E-state index in [-0.39, 0.29) is 22.8 Å². The molecule has 0 spiro atoms. The molecule has 0 amide bonds. The molecule has 18 heavy (non-hydrogen) atoms. The fourth-order valence-electron chi connectivity index (χ4n) is 1.63. The summed E-state index contributed by atoms with van der Waals surface area (Å²) in [5.74, 6) is -0.581. The summed E-state index contributed by atoms with van der Waals surface area (Å²) < 4.78 is 14.5. The number of carbonyl (C=O) groups is 1. The molecule has 92 valence electrons. The highest BCUT2D eigenvalue weighted by molar-refractivity contribution is 14.1. The first-order chi connectivity index (χ1) is 8.58. The lowest BCUT2D eigenvalue weighted by atomic mass is 10.0. The van der Waals surface area contributed by atoms with E-state index in [1.54, 1.807) is 24.3 Å². The van der Waals surface area contributed by atoms with Crippen LogP contribution in [0.4, 0.5) is 4.39 Å². The minimum Gasteiger partial charge on any atom is -0.294 e. The first-order valence-electron chi connectivity index (χ1n) is 5.29. The standard InChI is InChI=1S/C14H9ClFIO/c15-12-5-2-6-13(16)11(12)8-14(18)9-3-1-4-10(17)7-9/h1-7H,8H2. The van der Waals surface area contributed by atoms with Crippen LogP contribution >= 0.6 is 34.2 Å². The number of carbonyl (C=O) groups excluding carboxylic acids is 1. The molecule has 0 saturated carbocycles. The highest BCUT2D eigenvalue weighted by Gasteiger charge is 2.13. The van der Waals surface area contributed by atoms with Crippen LogP contribution in [0.1, 0.15) is 15.9 Å². The van der Waals surface area contributed by atoms with Crippen LogP contribution in [0.3, 0.4) is 0 Å². The van der Waals surface area contributed by atoms with E-state index >= 15 is 0 Å². The van der Waals surface area contributed by atoms with Crippen molar-refractivity contribution in [3.05, 3.63) is 68.0 Å². The number of hydrogen-bond acceptors (Lipinski definition) is 1. The van der Waals surface area contributed by atoms with E-state index in [0.29, 0.717) is 5.56 Å². The van der Waals surface area contributed by atoms with Crippen molar-refractivity contribution in [2.75, 3.05) is 0 Å². The van der Waals surface area contributed by atoms with Gasteiger partial charge in [-0.15, -0.1) is 0 Å². The monoisotopic (exact) mass is 374 g/mol. The van der Waals surface area contributed by atoms with Gasteiger partial charge in [0.2, 0.25) is 0 Å². The molecule has 0 radical (unpaired) electrons. The molecule has 0 aliphatic heterocycles. The number of benzene rings is 2. The van der Waals surface area contributed by atoms with E-state index < -0.39 is 5.82 Å². The highest BCUT2D eigenvalue weighted by atomic mass is 127. The van der Waals surface area contributed by atoms with Gasteiger partial charge < -0.3 is 0 Å². The third-order valence-electron chi connectivity index (χ3n) is 2.55. The second-order valence-electron chi connectivity index (χ2n) is 3.81. The van der Waals surface area contributed by atoms with Gasteiger partial charge in [-0.05, 0) is 46.9 Å². The lowest BCUT2D eigenvalue weighted by Gasteiger charge is -2.05. The fourth-order valence-corrected chi connectivity index (χ4v) is 2.40. The van der Waals surface area contributed by atoms with Crippen molar-refractivity contribution in [3.8, 4) is 0 Å². The van der Waals surface area contributed by atoms with Gasteiger partial charge in [0.15, 0.2) is 5.78 Å². The van der Waals surface area contributed by atoms with Crippen LogP contribution in [0.15, 0.2) is 42.5 Å². The molecule has 4 heteroatoms. The molecule has 0 bridgehead atoms. The highest BCUT2D eigenvalue weighted by Crippen LogP contribution is 2.21. The third-order valence-corrected chi connectivity index (χ3v) is 3.57. The van der Waals surface area contributed by atoms with Crippen LogP contribution in [0.25, 0.3) is 0 Å². The Balaban J connectivity index is 2.27. The van der Waals surface area contributed by atoms with E-state index in [0.717, 1.165) is 3.57 Å². The lowest BCUT2D eigenvalue weighted by Crippen LogP contribution is -2.06. The van der Waals surface area contributed by atoms with Gasteiger partial charge in [-0.2, -0.15) is 0 Å². The average Bonchev–Trinajstić information content (AvgIpc) is 2.34. The van der Waals surface area contributed by atoms with Gasteiger partial charge in [-0.1, -0.05) is 29.8 Å². The molecule has 0 unspecified atom stereocenters. The molecular formula is C14H9ClFIO.